The number of carboxylic acids is 1. The van der Waals surface area contributed by atoms with Crippen LogP contribution in [0.5, 0.6) is 0 Å². The van der Waals surface area contributed by atoms with Crippen molar-refractivity contribution < 1.29 is 24.0 Å². The van der Waals surface area contributed by atoms with E-state index >= 15 is 0 Å². The lowest BCUT2D eigenvalue weighted by molar-refractivity contribution is -0.140. The van der Waals surface area contributed by atoms with Gasteiger partial charge in [0.1, 0.15) is 26.2 Å². The Balaban J connectivity index is 1.30. The molecule has 1 amide bonds. The Hall–Kier alpha value is -3.46. The summed E-state index contributed by atoms with van der Waals surface area (Å²) in [4.78, 5) is 32.8. The number of hydrogen-bond acceptors (Lipinski definition) is 9. The number of carboxylic acid groups (broad SMARTS) is 1. The van der Waals surface area contributed by atoms with Crippen LogP contribution in [0.4, 0.5) is 10.5 Å². The first-order chi connectivity index (χ1) is 16.8. The fourth-order valence-electron chi connectivity index (χ4n) is 3.42. The number of benzene rings is 1. The zero-order valence-corrected chi connectivity index (χ0v) is 20.8. The van der Waals surface area contributed by atoms with Crippen LogP contribution in [0.3, 0.4) is 0 Å². The number of halogens is 1. The summed E-state index contributed by atoms with van der Waals surface area (Å²) in [5, 5.41) is 17.6. The van der Waals surface area contributed by atoms with Crippen LogP contribution in [0.2, 0.25) is 5.02 Å². The average Bonchev–Trinajstić information content (AvgIpc) is 3.25. The molecule has 1 atom stereocenters. The number of anilines is 1. The van der Waals surface area contributed by atoms with Crippen molar-refractivity contribution in [3.05, 3.63) is 56.3 Å². The summed E-state index contributed by atoms with van der Waals surface area (Å²) in [6, 6.07) is 7.11. The van der Waals surface area contributed by atoms with Gasteiger partial charge in [-0.05, 0) is 44.6 Å². The Kier molecular flexibility index (Phi) is 5.96. The first kappa shape index (κ1) is 23.3. The Morgan fingerprint density at radius 1 is 1.26 bits per heavy atom. The van der Waals surface area contributed by atoms with Gasteiger partial charge in [-0.15, -0.1) is 11.3 Å². The standard InChI is InChI=1S/C23H17ClN4O5S2/c1-11(13-5-3-4-6-14(13)24)32-22(31)26-17-12(2)33-28-15(17)7-8-16-25-18-19(34-16)35-20(27-18)23(9-10-23)21(29)30/h3-6,11H,9-10H2,1-2H3,(H,26,31)(H,29,30). The zero-order valence-electron chi connectivity index (χ0n) is 18.4. The van der Waals surface area contributed by atoms with Crippen LogP contribution in [0.25, 0.3) is 9.66 Å². The second-order valence-electron chi connectivity index (χ2n) is 7.94. The summed E-state index contributed by atoms with van der Waals surface area (Å²) in [5.74, 6) is 5.29. The fraction of sp³-hybridized carbons (Fsp3) is 0.261. The lowest BCUT2D eigenvalue weighted by Crippen LogP contribution is -2.18. The average molecular weight is 529 g/mol. The summed E-state index contributed by atoms with van der Waals surface area (Å²) in [6.07, 6.45) is -0.0894. The summed E-state index contributed by atoms with van der Waals surface area (Å²) < 4.78 is 11.4. The highest BCUT2D eigenvalue weighted by molar-refractivity contribution is 7.38. The monoisotopic (exact) mass is 528 g/mol. The number of fused-ring (bicyclic) bond motifs is 1. The van der Waals surface area contributed by atoms with Crippen molar-refractivity contribution in [1.29, 1.82) is 0 Å². The summed E-state index contributed by atoms with van der Waals surface area (Å²) in [6.45, 7) is 3.36. The number of nitrogens with zero attached hydrogens (tertiary/aromatic N) is 3. The van der Waals surface area contributed by atoms with Gasteiger partial charge in [-0.25, -0.2) is 14.8 Å². The SMILES string of the molecule is Cc1onc(C#Cc2nc3nc(C4(C(=O)O)CC4)sc3s2)c1NC(=O)OC(C)c1ccccc1Cl. The molecular weight excluding hydrogens is 512 g/mol. The molecule has 1 saturated carbocycles. The predicted octanol–water partition coefficient (Wildman–Crippen LogP) is 5.53. The molecule has 0 radical (unpaired) electrons. The number of hydrogen-bond donors (Lipinski definition) is 2. The summed E-state index contributed by atoms with van der Waals surface area (Å²) in [7, 11) is 0. The van der Waals surface area contributed by atoms with E-state index in [1.165, 1.54) is 22.7 Å². The molecule has 1 fully saturated rings. The molecule has 3 heterocycles. The minimum Gasteiger partial charge on any atom is -0.481 e. The van der Waals surface area contributed by atoms with Crippen LogP contribution in [-0.4, -0.2) is 32.3 Å². The molecule has 9 nitrogen and oxygen atoms in total. The molecule has 1 aromatic carbocycles. The highest BCUT2D eigenvalue weighted by Gasteiger charge is 2.54. The number of thiazole rings is 2. The van der Waals surface area contributed by atoms with Crippen molar-refractivity contribution in [2.24, 2.45) is 0 Å². The maximum atomic E-state index is 12.5. The van der Waals surface area contributed by atoms with Gasteiger partial charge in [0.2, 0.25) is 0 Å². The van der Waals surface area contributed by atoms with Gasteiger partial charge in [0.15, 0.2) is 22.1 Å². The number of aliphatic carboxylic acids is 1. The van der Waals surface area contributed by atoms with Crippen molar-refractivity contribution in [2.75, 3.05) is 5.32 Å². The number of aromatic nitrogens is 3. The van der Waals surface area contributed by atoms with Crippen molar-refractivity contribution >= 4 is 61.7 Å². The van der Waals surface area contributed by atoms with Gasteiger partial charge in [-0.3, -0.25) is 10.1 Å². The summed E-state index contributed by atoms with van der Waals surface area (Å²) >= 11 is 8.83. The molecule has 178 valence electrons. The van der Waals surface area contributed by atoms with Gasteiger partial charge in [-0.1, -0.05) is 46.3 Å². The molecule has 0 bridgehead atoms. The van der Waals surface area contributed by atoms with E-state index in [2.05, 4.69) is 32.3 Å². The van der Waals surface area contributed by atoms with E-state index in [0.717, 1.165) is 4.01 Å². The topological polar surface area (TPSA) is 127 Å². The van der Waals surface area contributed by atoms with Crippen LogP contribution >= 0.6 is 34.3 Å². The number of carbonyl (C=O) groups excluding carboxylic acids is 1. The molecule has 0 spiro atoms. The maximum Gasteiger partial charge on any atom is 0.412 e. The highest BCUT2D eigenvalue weighted by Crippen LogP contribution is 2.51. The van der Waals surface area contributed by atoms with Gasteiger partial charge in [-0.2, -0.15) is 0 Å². The predicted molar refractivity (Wildman–Crippen MR) is 131 cm³/mol. The van der Waals surface area contributed by atoms with E-state index < -0.39 is 23.6 Å². The zero-order chi connectivity index (χ0) is 24.7. The van der Waals surface area contributed by atoms with E-state index in [-0.39, 0.29) is 5.69 Å². The van der Waals surface area contributed by atoms with E-state index in [9.17, 15) is 14.7 Å². The third kappa shape index (κ3) is 4.48. The Morgan fingerprint density at radius 2 is 2.03 bits per heavy atom. The molecule has 4 aromatic rings. The maximum absolute atomic E-state index is 12.5. The largest absolute Gasteiger partial charge is 0.481 e. The highest BCUT2D eigenvalue weighted by atomic mass is 35.5. The number of nitrogens with one attached hydrogen (secondary N) is 1. The number of ether oxygens (including phenoxy) is 1. The fourth-order valence-corrected chi connectivity index (χ4v) is 5.92. The quantitative estimate of drug-likeness (QED) is 0.324. The van der Waals surface area contributed by atoms with Gasteiger partial charge in [0.25, 0.3) is 0 Å². The Morgan fingerprint density at radius 3 is 2.71 bits per heavy atom. The van der Waals surface area contributed by atoms with E-state index in [1.807, 2.05) is 6.07 Å². The lowest BCUT2D eigenvalue weighted by Gasteiger charge is -2.15. The molecule has 0 aliphatic heterocycles. The normalized spacial score (nSPS) is 14.7. The molecule has 1 aliphatic rings. The molecule has 2 N–H and O–H groups in total. The van der Waals surface area contributed by atoms with E-state index in [4.69, 9.17) is 20.9 Å². The third-order valence-electron chi connectivity index (χ3n) is 5.55. The first-order valence-corrected chi connectivity index (χ1v) is 12.5. The first-order valence-electron chi connectivity index (χ1n) is 10.5. The molecule has 1 aliphatic carbocycles. The Bertz CT molecular complexity index is 1490. The van der Waals surface area contributed by atoms with Crippen LogP contribution in [0.1, 0.15) is 52.9 Å². The van der Waals surface area contributed by atoms with Crippen molar-refractivity contribution in [3.8, 4) is 11.8 Å². The van der Waals surface area contributed by atoms with Crippen molar-refractivity contribution in [1.82, 2.24) is 15.1 Å². The molecule has 35 heavy (non-hydrogen) atoms. The molecule has 1 unspecified atom stereocenters. The van der Waals surface area contributed by atoms with Gasteiger partial charge >= 0.3 is 12.1 Å². The number of carbonyl (C=O) groups is 2. The van der Waals surface area contributed by atoms with Crippen LogP contribution < -0.4 is 5.32 Å². The van der Waals surface area contributed by atoms with Gasteiger partial charge in [0, 0.05) is 10.6 Å². The molecule has 0 saturated heterocycles. The van der Waals surface area contributed by atoms with Crippen molar-refractivity contribution in [2.45, 2.75) is 38.2 Å². The number of rotatable bonds is 5. The summed E-state index contributed by atoms with van der Waals surface area (Å²) in [5.41, 5.74) is 0.833. The molecular formula is C23H17ClN4O5S2. The second-order valence-corrected chi connectivity index (χ2v) is 10.6. The molecule has 12 heteroatoms. The third-order valence-corrected chi connectivity index (χ3v) is 8.19. The van der Waals surface area contributed by atoms with E-state index in [1.54, 1.807) is 32.0 Å². The minimum atomic E-state index is -0.853. The van der Waals surface area contributed by atoms with Gasteiger partial charge < -0.3 is 14.4 Å². The smallest absolute Gasteiger partial charge is 0.412 e. The number of aryl methyl sites for hydroxylation is 1. The van der Waals surface area contributed by atoms with E-state index in [0.29, 0.717) is 50.5 Å². The van der Waals surface area contributed by atoms with Crippen LogP contribution in [0.15, 0.2) is 28.8 Å². The van der Waals surface area contributed by atoms with Gasteiger partial charge in [0.05, 0.1) is 0 Å². The number of amides is 1. The lowest BCUT2D eigenvalue weighted by atomic mass is 10.1. The molecule has 5 rings (SSSR count). The minimum absolute atomic E-state index is 0.222. The van der Waals surface area contributed by atoms with Crippen LogP contribution in [-0.2, 0) is 14.9 Å². The van der Waals surface area contributed by atoms with Crippen molar-refractivity contribution in [3.63, 3.8) is 0 Å². The second kappa shape index (κ2) is 8.96. The van der Waals surface area contributed by atoms with Crippen LogP contribution in [0, 0.1) is 18.8 Å². The molecule has 3 aromatic heterocycles. The Labute approximate surface area is 212 Å².